The largest absolute Gasteiger partial charge is 0.386 e. The van der Waals surface area contributed by atoms with Gasteiger partial charge < -0.3 is 5.32 Å². The highest BCUT2D eigenvalue weighted by molar-refractivity contribution is 5.27. The van der Waals surface area contributed by atoms with Gasteiger partial charge in [-0.3, -0.25) is 5.32 Å². The summed E-state index contributed by atoms with van der Waals surface area (Å²) in [4.78, 5) is 0. The molecule has 0 amide bonds. The third kappa shape index (κ3) is 2.56. The van der Waals surface area contributed by atoms with E-state index in [9.17, 15) is 4.48 Å². The molecule has 1 aliphatic carbocycles. The van der Waals surface area contributed by atoms with Crippen LogP contribution in [0.4, 0.5) is 4.48 Å². The maximum absolute atomic E-state index is 12.6. The summed E-state index contributed by atoms with van der Waals surface area (Å²) in [6, 6.07) is 0. The Morgan fingerprint density at radius 1 is 1.43 bits per heavy atom. The van der Waals surface area contributed by atoms with E-state index in [0.717, 1.165) is 18.8 Å². The number of allylic oxidation sites excluding steroid dienone is 1. The highest BCUT2D eigenvalue weighted by Crippen LogP contribution is 2.17. The molecule has 0 spiro atoms. The van der Waals surface area contributed by atoms with Crippen LogP contribution >= 0.6 is 0 Å². The molecule has 1 aliphatic rings. The predicted octanol–water partition coefficient (Wildman–Crippen LogP) is 1.22. The second-order valence-corrected chi connectivity index (χ2v) is 3.32. The number of hydrogen-bond donors (Lipinski definition) is 3. The average Bonchev–Trinajstić information content (AvgIpc) is 2.22. The van der Waals surface area contributed by atoms with Gasteiger partial charge in [0.2, 0.25) is 0 Å². The topological polar surface area (TPSA) is 36.1 Å². The molecule has 3 N–H and O–H groups in total. The maximum atomic E-state index is 12.6. The fourth-order valence-corrected chi connectivity index (χ4v) is 1.52. The summed E-state index contributed by atoms with van der Waals surface area (Å²) in [5, 5.41) is 6.25. The van der Waals surface area contributed by atoms with E-state index in [0.29, 0.717) is 6.42 Å². The van der Waals surface area contributed by atoms with Crippen LogP contribution in [-0.4, -0.2) is 18.8 Å². The molecule has 3 nitrogen and oxygen atoms in total. The Bertz CT molecular complexity index is 238. The van der Waals surface area contributed by atoms with Gasteiger partial charge in [0, 0.05) is 18.7 Å². The minimum atomic E-state index is -0.715. The first-order chi connectivity index (χ1) is 6.76. The first-order valence-electron chi connectivity index (χ1n) is 5.02. The molecule has 0 aliphatic heterocycles. The lowest BCUT2D eigenvalue weighted by Crippen LogP contribution is -2.52. The summed E-state index contributed by atoms with van der Waals surface area (Å²) in [5.74, 6) is 0. The van der Waals surface area contributed by atoms with E-state index in [-0.39, 0.29) is 0 Å². The van der Waals surface area contributed by atoms with Crippen LogP contribution in [0.25, 0.3) is 0 Å². The second-order valence-electron chi connectivity index (χ2n) is 3.32. The smallest absolute Gasteiger partial charge is 0.120 e. The molecule has 0 radical (unpaired) electrons. The summed E-state index contributed by atoms with van der Waals surface area (Å²) in [7, 11) is 0. The summed E-state index contributed by atoms with van der Waals surface area (Å²) in [6.45, 7) is 5.60. The molecular weight excluding hydrogens is 181 g/mol. The third-order valence-corrected chi connectivity index (χ3v) is 2.23. The minimum Gasteiger partial charge on any atom is -0.386 e. The molecule has 0 saturated heterocycles. The van der Waals surface area contributed by atoms with E-state index >= 15 is 0 Å². The fraction of sp³-hybridized carbons (Fsp3) is 0.600. The Balaban J connectivity index is 2.59. The van der Waals surface area contributed by atoms with Gasteiger partial charge in [-0.2, -0.15) is 0 Å². The van der Waals surface area contributed by atoms with E-state index in [4.69, 9.17) is 0 Å². The van der Waals surface area contributed by atoms with Crippen molar-refractivity contribution in [3.05, 3.63) is 23.9 Å². The molecule has 14 heavy (non-hydrogen) atoms. The lowest BCUT2D eigenvalue weighted by Gasteiger charge is -2.30. The van der Waals surface area contributed by atoms with Crippen molar-refractivity contribution in [1.29, 1.82) is 0 Å². The second kappa shape index (κ2) is 5.12. The van der Waals surface area contributed by atoms with Crippen LogP contribution < -0.4 is 16.2 Å². The lowest BCUT2D eigenvalue weighted by molar-refractivity contribution is 0.177. The highest BCUT2D eigenvalue weighted by atomic mass is 19.2. The number of rotatable bonds is 5. The van der Waals surface area contributed by atoms with Crippen LogP contribution in [0.3, 0.4) is 0 Å². The van der Waals surface area contributed by atoms with Crippen LogP contribution in [0.1, 0.15) is 20.3 Å². The van der Waals surface area contributed by atoms with Gasteiger partial charge in [-0.15, -0.1) is 10.0 Å². The van der Waals surface area contributed by atoms with Crippen molar-refractivity contribution < 1.29 is 4.48 Å². The fourth-order valence-electron chi connectivity index (χ4n) is 1.52. The van der Waals surface area contributed by atoms with Gasteiger partial charge in [0.25, 0.3) is 0 Å². The zero-order chi connectivity index (χ0) is 10.4. The summed E-state index contributed by atoms with van der Waals surface area (Å²) >= 11 is 0. The molecule has 0 heterocycles. The maximum Gasteiger partial charge on any atom is 0.120 e. The Kier molecular flexibility index (Phi) is 4.10. The first kappa shape index (κ1) is 11.2. The Labute approximate surface area is 84.4 Å². The monoisotopic (exact) mass is 199 g/mol. The molecule has 1 unspecified atom stereocenters. The van der Waals surface area contributed by atoms with Gasteiger partial charge in [-0.05, 0) is 25.6 Å². The zero-order valence-corrected chi connectivity index (χ0v) is 8.73. The van der Waals surface area contributed by atoms with Crippen molar-refractivity contribution in [3.63, 3.8) is 0 Å². The van der Waals surface area contributed by atoms with Crippen molar-refractivity contribution in [3.8, 4) is 0 Å². The molecule has 1 atom stereocenters. The Morgan fingerprint density at radius 2 is 2.21 bits per heavy atom. The number of nitrogens with one attached hydrogen (secondary N) is 3. The molecule has 0 aromatic heterocycles. The summed E-state index contributed by atoms with van der Waals surface area (Å²) in [6.07, 6.45) is 6.30. The molecule has 0 aromatic rings. The van der Waals surface area contributed by atoms with Gasteiger partial charge in [-0.25, -0.2) is 0 Å². The Hall–Kier alpha value is -0.870. The van der Waals surface area contributed by atoms with Gasteiger partial charge in [0.05, 0.1) is 0 Å². The molecule has 4 heteroatoms. The number of hydrogen-bond acceptors (Lipinski definition) is 3. The average molecular weight is 199 g/mol. The van der Waals surface area contributed by atoms with E-state index in [1.54, 1.807) is 0 Å². The zero-order valence-electron chi connectivity index (χ0n) is 8.73. The van der Waals surface area contributed by atoms with Crippen molar-refractivity contribution in [2.45, 2.75) is 25.9 Å². The predicted molar refractivity (Wildman–Crippen MR) is 56.2 cm³/mol. The molecule has 1 rings (SSSR count). The number of halogens is 1. The third-order valence-electron chi connectivity index (χ3n) is 2.23. The molecule has 0 bridgehead atoms. The van der Waals surface area contributed by atoms with Crippen LogP contribution in [0.2, 0.25) is 0 Å². The van der Waals surface area contributed by atoms with Crippen molar-refractivity contribution in [2.24, 2.45) is 0 Å². The first-order valence-corrected chi connectivity index (χ1v) is 5.02. The van der Waals surface area contributed by atoms with Gasteiger partial charge in [-0.1, -0.05) is 13.0 Å². The quantitative estimate of drug-likeness (QED) is 0.460. The van der Waals surface area contributed by atoms with Crippen LogP contribution in [0, 0.1) is 0 Å². The normalized spacial score (nSPS) is 26.1. The van der Waals surface area contributed by atoms with Crippen LogP contribution in [0.5, 0.6) is 0 Å². The standard InChI is InChI=1S/C10H18FN3/c1-3-12-9-5-7-10(14-11,8-6-9)13-4-2/h5-7,12-14H,3-4,8H2,1-2H3. The summed E-state index contributed by atoms with van der Waals surface area (Å²) in [5.41, 5.74) is 2.15. The van der Waals surface area contributed by atoms with E-state index in [1.165, 1.54) is 0 Å². The van der Waals surface area contributed by atoms with Crippen molar-refractivity contribution in [1.82, 2.24) is 16.2 Å². The molecular formula is C10H18FN3. The van der Waals surface area contributed by atoms with Gasteiger partial charge in [0.15, 0.2) is 0 Å². The van der Waals surface area contributed by atoms with Gasteiger partial charge in [0.1, 0.15) is 5.66 Å². The van der Waals surface area contributed by atoms with E-state index < -0.39 is 5.66 Å². The van der Waals surface area contributed by atoms with Crippen LogP contribution in [0.15, 0.2) is 23.9 Å². The lowest BCUT2D eigenvalue weighted by atomic mass is 10.0. The van der Waals surface area contributed by atoms with E-state index in [1.807, 2.05) is 37.6 Å². The van der Waals surface area contributed by atoms with E-state index in [2.05, 4.69) is 10.6 Å². The SMILES string of the molecule is CCNC1=CCC(NF)(NCC)C=C1. The molecule has 0 saturated carbocycles. The van der Waals surface area contributed by atoms with Gasteiger partial charge >= 0.3 is 0 Å². The molecule has 80 valence electrons. The molecule has 0 aromatic carbocycles. The highest BCUT2D eigenvalue weighted by Gasteiger charge is 2.26. The van der Waals surface area contributed by atoms with Crippen molar-refractivity contribution in [2.75, 3.05) is 13.1 Å². The summed E-state index contributed by atoms with van der Waals surface area (Å²) < 4.78 is 12.6. The van der Waals surface area contributed by atoms with Crippen molar-refractivity contribution >= 4 is 0 Å². The minimum absolute atomic E-state index is 0.607. The number of likely N-dealkylation sites (N-methyl/N-ethyl adjacent to an activating group) is 2. The Morgan fingerprint density at radius 3 is 2.64 bits per heavy atom. The van der Waals surface area contributed by atoms with Crippen LogP contribution in [-0.2, 0) is 0 Å². The molecule has 0 fully saturated rings.